The highest BCUT2D eigenvalue weighted by Gasteiger charge is 2.28. The average Bonchev–Trinajstić information content (AvgIpc) is 2.95. The summed E-state index contributed by atoms with van der Waals surface area (Å²) in [5.74, 6) is 1.33. The van der Waals surface area contributed by atoms with Crippen LogP contribution < -0.4 is 10.1 Å². The van der Waals surface area contributed by atoms with Crippen LogP contribution in [-0.2, 0) is 17.6 Å². The number of nitrogens with zero attached hydrogens (tertiary/aromatic N) is 2. The van der Waals surface area contributed by atoms with Crippen LogP contribution in [0.2, 0.25) is 0 Å². The fraction of sp³-hybridized carbons (Fsp3) is 0.731. The van der Waals surface area contributed by atoms with Crippen molar-refractivity contribution in [3.63, 3.8) is 0 Å². The number of urea groups is 1. The zero-order chi connectivity index (χ0) is 22.5. The van der Waals surface area contributed by atoms with Crippen LogP contribution in [0.1, 0.15) is 57.1 Å². The maximum Gasteiger partial charge on any atom is 0.317 e. The van der Waals surface area contributed by atoms with Crippen molar-refractivity contribution in [1.82, 2.24) is 15.1 Å². The average molecular weight is 444 g/mol. The molecule has 6 nitrogen and oxygen atoms in total. The summed E-state index contributed by atoms with van der Waals surface area (Å²) in [4.78, 5) is 17.3. The Morgan fingerprint density at radius 3 is 2.41 bits per heavy atom. The van der Waals surface area contributed by atoms with Gasteiger partial charge in [0.15, 0.2) is 0 Å². The van der Waals surface area contributed by atoms with E-state index in [1.807, 2.05) is 4.90 Å². The molecule has 1 unspecified atom stereocenters. The Balaban J connectivity index is 1.26. The van der Waals surface area contributed by atoms with Crippen molar-refractivity contribution in [3.8, 4) is 5.75 Å². The van der Waals surface area contributed by atoms with Gasteiger partial charge in [-0.15, -0.1) is 0 Å². The minimum Gasteiger partial charge on any atom is -0.490 e. The molecule has 2 fully saturated rings. The van der Waals surface area contributed by atoms with Crippen LogP contribution >= 0.6 is 0 Å². The third kappa shape index (κ3) is 5.76. The summed E-state index contributed by atoms with van der Waals surface area (Å²) in [5, 5.41) is 3.13. The van der Waals surface area contributed by atoms with E-state index in [1.54, 1.807) is 7.11 Å². The van der Waals surface area contributed by atoms with Crippen LogP contribution in [0.25, 0.3) is 0 Å². The minimum absolute atomic E-state index is 0.0141. The number of ether oxygens (including phenoxy) is 2. The molecule has 1 N–H and O–H groups in total. The lowest BCUT2D eigenvalue weighted by Gasteiger charge is -2.36. The van der Waals surface area contributed by atoms with E-state index in [0.29, 0.717) is 12.5 Å². The van der Waals surface area contributed by atoms with Gasteiger partial charge in [-0.25, -0.2) is 4.79 Å². The van der Waals surface area contributed by atoms with E-state index in [1.165, 1.54) is 43.5 Å². The fourth-order valence-electron chi connectivity index (χ4n) is 5.11. The highest BCUT2D eigenvalue weighted by atomic mass is 16.5. The molecule has 1 atom stereocenters. The highest BCUT2D eigenvalue weighted by Crippen LogP contribution is 2.29. The zero-order valence-corrected chi connectivity index (χ0v) is 20.1. The number of methoxy groups -OCH3 is 1. The normalized spacial score (nSPS) is 21.6. The van der Waals surface area contributed by atoms with Gasteiger partial charge in [0.05, 0.1) is 12.6 Å². The van der Waals surface area contributed by atoms with Crippen LogP contribution in [-0.4, -0.2) is 73.9 Å². The number of carbonyl (C=O) groups excluding carboxylic acids is 1. The Kier molecular flexibility index (Phi) is 7.95. The maximum atomic E-state index is 12.7. The monoisotopic (exact) mass is 443 g/mol. The summed E-state index contributed by atoms with van der Waals surface area (Å²) in [6.07, 6.45) is 8.36. The maximum absolute atomic E-state index is 12.7. The van der Waals surface area contributed by atoms with Crippen molar-refractivity contribution in [3.05, 3.63) is 29.3 Å². The molecule has 0 aromatic heterocycles. The first kappa shape index (κ1) is 23.4. The number of benzene rings is 1. The molecule has 2 amide bonds. The van der Waals surface area contributed by atoms with E-state index in [2.05, 4.69) is 42.3 Å². The number of likely N-dealkylation sites (tertiary alicyclic amines) is 1. The Morgan fingerprint density at radius 1 is 1.06 bits per heavy atom. The second-order valence-corrected chi connectivity index (χ2v) is 10.1. The predicted molar refractivity (Wildman–Crippen MR) is 127 cm³/mol. The lowest BCUT2D eigenvalue weighted by molar-refractivity contribution is 0.103. The Labute approximate surface area is 193 Å². The van der Waals surface area contributed by atoms with Gasteiger partial charge in [0.1, 0.15) is 11.9 Å². The van der Waals surface area contributed by atoms with Crippen LogP contribution in [0.3, 0.4) is 0 Å². The molecule has 3 aliphatic rings. The zero-order valence-electron chi connectivity index (χ0n) is 20.1. The van der Waals surface area contributed by atoms with Crippen LogP contribution in [0.5, 0.6) is 5.75 Å². The molecule has 0 bridgehead atoms. The number of piperidine rings is 1. The molecule has 2 aliphatic heterocycles. The molecule has 6 heteroatoms. The summed E-state index contributed by atoms with van der Waals surface area (Å²) in [6.45, 7) is 8.59. The third-order valence-corrected chi connectivity index (χ3v) is 7.60. The van der Waals surface area contributed by atoms with Gasteiger partial charge in [0.25, 0.3) is 0 Å². The van der Waals surface area contributed by atoms with Gasteiger partial charge in [-0.1, -0.05) is 26.3 Å². The molecule has 1 saturated carbocycles. The number of nitrogens with one attached hydrogen (secondary N) is 1. The Bertz CT molecular complexity index is 757. The number of amides is 2. The molecule has 0 radical (unpaired) electrons. The quantitative estimate of drug-likeness (QED) is 0.695. The number of rotatable bonds is 7. The number of hydrogen-bond donors (Lipinski definition) is 1. The van der Waals surface area contributed by atoms with Crippen molar-refractivity contribution in [2.45, 2.75) is 77.0 Å². The van der Waals surface area contributed by atoms with Gasteiger partial charge >= 0.3 is 6.03 Å². The summed E-state index contributed by atoms with van der Waals surface area (Å²) in [7, 11) is 1.68. The SMILES string of the molecule is COCC(NC(=O)N1CCC(Oc2ccc3c(c2)CCN(C2CCC2)CC3)CC1)C(C)C. The van der Waals surface area contributed by atoms with E-state index in [-0.39, 0.29) is 18.2 Å². The second-order valence-electron chi connectivity index (χ2n) is 10.1. The summed E-state index contributed by atoms with van der Waals surface area (Å²) < 4.78 is 11.6. The molecule has 4 rings (SSSR count). The number of hydrogen-bond acceptors (Lipinski definition) is 4. The van der Waals surface area contributed by atoms with Gasteiger partial charge in [0.2, 0.25) is 0 Å². The topological polar surface area (TPSA) is 54.0 Å². The number of carbonyl (C=O) groups is 1. The smallest absolute Gasteiger partial charge is 0.317 e. The fourth-order valence-corrected chi connectivity index (χ4v) is 5.11. The van der Waals surface area contributed by atoms with Crippen LogP contribution in [0.15, 0.2) is 18.2 Å². The van der Waals surface area contributed by atoms with E-state index < -0.39 is 0 Å². The summed E-state index contributed by atoms with van der Waals surface area (Å²) in [6, 6.07) is 7.58. The molecule has 1 aromatic carbocycles. The van der Waals surface area contributed by atoms with Gasteiger partial charge < -0.3 is 19.7 Å². The first-order chi connectivity index (χ1) is 15.5. The Morgan fingerprint density at radius 2 is 1.78 bits per heavy atom. The molecular formula is C26H41N3O3. The van der Waals surface area contributed by atoms with Crippen molar-refractivity contribution < 1.29 is 14.3 Å². The molecule has 1 aliphatic carbocycles. The molecule has 178 valence electrons. The van der Waals surface area contributed by atoms with Gasteiger partial charge in [-0.2, -0.15) is 0 Å². The van der Waals surface area contributed by atoms with Gasteiger partial charge in [0, 0.05) is 52.2 Å². The molecular weight excluding hydrogens is 402 g/mol. The molecule has 1 aromatic rings. The summed E-state index contributed by atoms with van der Waals surface area (Å²) in [5.41, 5.74) is 2.94. The standard InChI is InChI=1S/C26H41N3O3/c1-19(2)25(18-31-3)27-26(30)29-15-11-23(12-16-29)32-24-8-7-20-9-13-28(22-5-4-6-22)14-10-21(20)17-24/h7-8,17,19,22-23,25H,4-6,9-16,18H2,1-3H3,(H,27,30). The molecule has 32 heavy (non-hydrogen) atoms. The van der Waals surface area contributed by atoms with Crippen molar-refractivity contribution >= 4 is 6.03 Å². The molecule has 0 spiro atoms. The third-order valence-electron chi connectivity index (χ3n) is 7.60. The first-order valence-electron chi connectivity index (χ1n) is 12.6. The Hall–Kier alpha value is -1.79. The summed E-state index contributed by atoms with van der Waals surface area (Å²) >= 11 is 0. The van der Waals surface area contributed by atoms with Gasteiger partial charge in [-0.3, -0.25) is 4.90 Å². The number of fused-ring (bicyclic) bond motifs is 1. The lowest BCUT2D eigenvalue weighted by atomic mass is 9.91. The minimum atomic E-state index is 0.0141. The van der Waals surface area contributed by atoms with Crippen molar-refractivity contribution in [2.24, 2.45) is 5.92 Å². The van der Waals surface area contributed by atoms with Crippen LogP contribution in [0.4, 0.5) is 4.79 Å². The van der Waals surface area contributed by atoms with E-state index in [0.717, 1.165) is 50.6 Å². The van der Waals surface area contributed by atoms with Gasteiger partial charge in [-0.05, 0) is 54.9 Å². The largest absolute Gasteiger partial charge is 0.490 e. The van der Waals surface area contributed by atoms with Crippen molar-refractivity contribution in [1.29, 1.82) is 0 Å². The molecule has 2 heterocycles. The van der Waals surface area contributed by atoms with Crippen LogP contribution in [0, 0.1) is 5.92 Å². The molecule has 1 saturated heterocycles. The van der Waals surface area contributed by atoms with E-state index in [4.69, 9.17) is 9.47 Å². The van der Waals surface area contributed by atoms with E-state index in [9.17, 15) is 4.79 Å². The lowest BCUT2D eigenvalue weighted by Crippen LogP contribution is -2.51. The highest BCUT2D eigenvalue weighted by molar-refractivity contribution is 5.74. The van der Waals surface area contributed by atoms with Crippen molar-refractivity contribution in [2.75, 3.05) is 39.9 Å². The second kappa shape index (κ2) is 10.9. The van der Waals surface area contributed by atoms with E-state index >= 15 is 0 Å². The first-order valence-corrected chi connectivity index (χ1v) is 12.6. The predicted octanol–water partition coefficient (Wildman–Crippen LogP) is 3.86.